The van der Waals surface area contributed by atoms with E-state index in [-0.39, 0.29) is 21.4 Å². The van der Waals surface area contributed by atoms with Gasteiger partial charge in [0, 0.05) is 23.1 Å². The van der Waals surface area contributed by atoms with Crippen LogP contribution in [0.1, 0.15) is 29.8 Å². The van der Waals surface area contributed by atoms with Gasteiger partial charge in [0.25, 0.3) is 5.91 Å². The number of benzene rings is 2. The number of anilines is 3. The lowest BCUT2D eigenvalue weighted by Crippen LogP contribution is -2.27. The van der Waals surface area contributed by atoms with E-state index < -0.39 is 23.3 Å². The summed E-state index contributed by atoms with van der Waals surface area (Å²) in [5, 5.41) is 2.35. The molecule has 0 fully saturated rings. The Balaban J connectivity index is 2.65. The number of nitrogen functional groups attached to an aromatic ring is 1. The number of nitrogens with zero attached hydrogens (tertiary/aromatic N) is 1. The van der Waals surface area contributed by atoms with E-state index in [4.69, 9.17) is 5.73 Å². The Kier molecular flexibility index (Phi) is 6.17. The highest BCUT2D eigenvalue weighted by atomic mass is 79.9. The summed E-state index contributed by atoms with van der Waals surface area (Å²) in [4.78, 5) is 14.0. The summed E-state index contributed by atoms with van der Waals surface area (Å²) >= 11 is 3.20. The third-order valence-electron chi connectivity index (χ3n) is 3.96. The summed E-state index contributed by atoms with van der Waals surface area (Å²) in [7, 11) is 0. The number of hydrogen-bond donors (Lipinski definition) is 2. The van der Waals surface area contributed by atoms with Gasteiger partial charge in [-0.25, -0.2) is 0 Å². The average Bonchev–Trinajstić information content (AvgIpc) is 2.59. The quantitative estimate of drug-likeness (QED) is 0.646. The number of amides is 1. The lowest BCUT2D eigenvalue weighted by Gasteiger charge is -2.28. The second kappa shape index (κ2) is 7.99. The van der Waals surface area contributed by atoms with Gasteiger partial charge in [0.15, 0.2) is 0 Å². The van der Waals surface area contributed by atoms with Crippen LogP contribution in [0.4, 0.5) is 30.2 Å². The van der Waals surface area contributed by atoms with Gasteiger partial charge < -0.3 is 16.0 Å². The number of alkyl halides is 3. The van der Waals surface area contributed by atoms with Crippen LogP contribution in [0, 0.1) is 0 Å². The van der Waals surface area contributed by atoms with Crippen molar-refractivity contribution in [2.75, 3.05) is 29.0 Å². The van der Waals surface area contributed by atoms with Crippen LogP contribution in [0.5, 0.6) is 0 Å². The number of carbonyl (C=O) groups excluding carboxylic acids is 1. The molecule has 0 spiro atoms. The predicted octanol–water partition coefficient (Wildman–Crippen LogP) is 5.15. The number of halogens is 4. The number of hydrogen-bond acceptors (Lipinski definition) is 3. The molecule has 2 aromatic carbocycles. The number of rotatable bonds is 5. The Morgan fingerprint density at radius 1 is 1.19 bits per heavy atom. The van der Waals surface area contributed by atoms with Gasteiger partial charge in [0.2, 0.25) is 0 Å². The van der Waals surface area contributed by atoms with Gasteiger partial charge in [0.05, 0.1) is 17.1 Å². The average molecular weight is 430 g/mol. The van der Waals surface area contributed by atoms with E-state index >= 15 is 0 Å². The molecule has 2 rings (SSSR count). The Morgan fingerprint density at radius 2 is 1.77 bits per heavy atom. The molecule has 0 unspecified atom stereocenters. The van der Waals surface area contributed by atoms with E-state index in [0.29, 0.717) is 13.1 Å². The van der Waals surface area contributed by atoms with Crippen molar-refractivity contribution in [2.24, 2.45) is 0 Å². The van der Waals surface area contributed by atoms with E-state index in [2.05, 4.69) is 21.2 Å². The van der Waals surface area contributed by atoms with E-state index in [9.17, 15) is 18.0 Å². The number of nitrogens with one attached hydrogen (secondary N) is 1. The van der Waals surface area contributed by atoms with Crippen molar-refractivity contribution in [2.45, 2.75) is 20.0 Å². The number of nitrogens with two attached hydrogens (primary N) is 1. The van der Waals surface area contributed by atoms with Crippen molar-refractivity contribution < 1.29 is 18.0 Å². The molecule has 0 radical (unpaired) electrons. The fraction of sp³-hybridized carbons (Fsp3) is 0.278. The zero-order chi connectivity index (χ0) is 19.5. The van der Waals surface area contributed by atoms with Gasteiger partial charge in [-0.15, -0.1) is 0 Å². The van der Waals surface area contributed by atoms with E-state index in [0.717, 1.165) is 0 Å². The third-order valence-corrected chi connectivity index (χ3v) is 4.61. The molecule has 0 heterocycles. The molecule has 2 aromatic rings. The minimum atomic E-state index is -4.69. The van der Waals surface area contributed by atoms with E-state index in [1.54, 1.807) is 36.9 Å². The molecule has 8 heteroatoms. The number of carbonyl (C=O) groups is 1. The first-order valence-electron chi connectivity index (χ1n) is 8.01. The topological polar surface area (TPSA) is 58.4 Å². The minimum absolute atomic E-state index is 0.0352. The Hall–Kier alpha value is -2.22. The lowest BCUT2D eigenvalue weighted by molar-refractivity contribution is -0.136. The highest BCUT2D eigenvalue weighted by Crippen LogP contribution is 2.47. The molecule has 0 saturated carbocycles. The molecule has 0 aliphatic carbocycles. The Labute approximate surface area is 158 Å². The smallest absolute Gasteiger partial charge is 0.396 e. The van der Waals surface area contributed by atoms with Crippen LogP contribution in [0.2, 0.25) is 0 Å². The molecule has 26 heavy (non-hydrogen) atoms. The molecule has 4 nitrogen and oxygen atoms in total. The van der Waals surface area contributed by atoms with Crippen molar-refractivity contribution in [1.29, 1.82) is 0 Å². The van der Waals surface area contributed by atoms with Gasteiger partial charge in [0.1, 0.15) is 5.56 Å². The van der Waals surface area contributed by atoms with Crippen molar-refractivity contribution >= 4 is 38.9 Å². The standard InChI is InChI=1S/C18H19BrF3N3O/c1-3-25(4-2)13-10-12(19)15(23)16(14(13)18(20,21)22)24-17(26)11-8-6-5-7-9-11/h5-10H,3-4,23H2,1-2H3,(H,24,26). The molecular formula is C18H19BrF3N3O. The molecule has 0 saturated heterocycles. The van der Waals surface area contributed by atoms with Crippen LogP contribution in [0.15, 0.2) is 40.9 Å². The van der Waals surface area contributed by atoms with Crippen LogP contribution < -0.4 is 16.0 Å². The molecule has 0 aliphatic rings. The van der Waals surface area contributed by atoms with E-state index in [1.807, 2.05) is 0 Å². The molecule has 0 atom stereocenters. The fourth-order valence-electron chi connectivity index (χ4n) is 2.66. The molecule has 0 aromatic heterocycles. The van der Waals surface area contributed by atoms with Gasteiger partial charge >= 0.3 is 6.18 Å². The first kappa shape index (κ1) is 20.1. The highest BCUT2D eigenvalue weighted by Gasteiger charge is 2.39. The van der Waals surface area contributed by atoms with Crippen LogP contribution >= 0.6 is 15.9 Å². The van der Waals surface area contributed by atoms with Gasteiger partial charge in [-0.1, -0.05) is 18.2 Å². The molecule has 0 bridgehead atoms. The third kappa shape index (κ3) is 4.12. The molecular weight excluding hydrogens is 411 g/mol. The van der Waals surface area contributed by atoms with Gasteiger partial charge in [-0.3, -0.25) is 4.79 Å². The summed E-state index contributed by atoms with van der Waals surface area (Å²) < 4.78 is 41.9. The summed E-state index contributed by atoms with van der Waals surface area (Å²) in [6.07, 6.45) is -4.69. The molecule has 0 aliphatic heterocycles. The normalized spacial score (nSPS) is 11.3. The van der Waals surface area contributed by atoms with Gasteiger partial charge in [-0.2, -0.15) is 13.2 Å². The Bertz CT molecular complexity index is 791. The maximum atomic E-state index is 13.9. The van der Waals surface area contributed by atoms with Crippen molar-refractivity contribution in [3.63, 3.8) is 0 Å². The Morgan fingerprint density at radius 3 is 2.27 bits per heavy atom. The maximum absolute atomic E-state index is 13.9. The largest absolute Gasteiger partial charge is 0.420 e. The first-order valence-corrected chi connectivity index (χ1v) is 8.80. The SMILES string of the molecule is CCN(CC)c1cc(Br)c(N)c(NC(=O)c2ccccc2)c1C(F)(F)F. The summed E-state index contributed by atoms with van der Waals surface area (Å²) in [5.41, 5.74) is 4.52. The van der Waals surface area contributed by atoms with Crippen LogP contribution in [0.25, 0.3) is 0 Å². The van der Waals surface area contributed by atoms with Crippen LogP contribution in [-0.4, -0.2) is 19.0 Å². The highest BCUT2D eigenvalue weighted by molar-refractivity contribution is 9.10. The van der Waals surface area contributed by atoms with Crippen molar-refractivity contribution in [3.8, 4) is 0 Å². The molecule has 140 valence electrons. The molecule has 3 N–H and O–H groups in total. The van der Waals surface area contributed by atoms with Crippen molar-refractivity contribution in [1.82, 2.24) is 0 Å². The van der Waals surface area contributed by atoms with Crippen LogP contribution in [-0.2, 0) is 6.18 Å². The summed E-state index contributed by atoms with van der Waals surface area (Å²) in [6, 6.07) is 9.34. The van der Waals surface area contributed by atoms with E-state index in [1.165, 1.54) is 18.2 Å². The maximum Gasteiger partial charge on any atom is 0.420 e. The first-order chi connectivity index (χ1) is 12.2. The second-order valence-electron chi connectivity index (χ2n) is 5.53. The van der Waals surface area contributed by atoms with Crippen LogP contribution in [0.3, 0.4) is 0 Å². The zero-order valence-electron chi connectivity index (χ0n) is 14.3. The minimum Gasteiger partial charge on any atom is -0.396 e. The monoisotopic (exact) mass is 429 g/mol. The van der Waals surface area contributed by atoms with Gasteiger partial charge in [-0.05, 0) is 48.0 Å². The predicted molar refractivity (Wildman–Crippen MR) is 102 cm³/mol. The zero-order valence-corrected chi connectivity index (χ0v) is 15.9. The fourth-order valence-corrected chi connectivity index (χ4v) is 3.07. The second-order valence-corrected chi connectivity index (χ2v) is 6.39. The van der Waals surface area contributed by atoms with Crippen molar-refractivity contribution in [3.05, 3.63) is 52.0 Å². The molecule has 1 amide bonds. The summed E-state index contributed by atoms with van der Waals surface area (Å²) in [5.74, 6) is -0.661. The summed E-state index contributed by atoms with van der Waals surface area (Å²) in [6.45, 7) is 4.27. The lowest BCUT2D eigenvalue weighted by atomic mass is 10.1.